The number of carboxylic acid groups (broad SMARTS) is 1. The fourth-order valence-corrected chi connectivity index (χ4v) is 1.93. The number of alkyl halides is 3. The zero-order valence-corrected chi connectivity index (χ0v) is 10.5. The van der Waals surface area contributed by atoms with Crippen LogP contribution in [-0.2, 0) is 17.4 Å². The molecule has 0 amide bonds. The highest BCUT2D eigenvalue weighted by molar-refractivity contribution is 5.76. The topological polar surface area (TPSA) is 66.0 Å². The summed E-state index contributed by atoms with van der Waals surface area (Å²) < 4.78 is 37.7. The van der Waals surface area contributed by atoms with Gasteiger partial charge in [0.1, 0.15) is 5.82 Å². The summed E-state index contributed by atoms with van der Waals surface area (Å²) in [6, 6.07) is 3.36. The Morgan fingerprint density at radius 1 is 1.30 bits per heavy atom. The minimum Gasteiger partial charge on any atom is -0.481 e. The molecular formula is C13H13F3N2O2. The van der Waals surface area contributed by atoms with E-state index in [1.165, 1.54) is 6.07 Å². The van der Waals surface area contributed by atoms with E-state index in [0.717, 1.165) is 12.1 Å². The lowest BCUT2D eigenvalue weighted by Crippen LogP contribution is -2.04. The van der Waals surface area contributed by atoms with E-state index in [1.807, 2.05) is 0 Å². The molecule has 0 spiro atoms. The zero-order valence-electron chi connectivity index (χ0n) is 10.5. The Morgan fingerprint density at radius 3 is 2.70 bits per heavy atom. The van der Waals surface area contributed by atoms with Crippen molar-refractivity contribution in [3.63, 3.8) is 0 Å². The number of rotatable bonds is 5. The lowest BCUT2D eigenvalue weighted by atomic mass is 10.2. The molecule has 0 radical (unpaired) electrons. The van der Waals surface area contributed by atoms with Gasteiger partial charge in [0.15, 0.2) is 0 Å². The number of hydrogen-bond acceptors (Lipinski definition) is 2. The summed E-state index contributed by atoms with van der Waals surface area (Å²) in [7, 11) is 0. The average Bonchev–Trinajstić information content (AvgIpc) is 2.74. The molecule has 0 bridgehead atoms. The normalized spacial score (nSPS) is 11.9. The third-order valence-electron chi connectivity index (χ3n) is 2.91. The summed E-state index contributed by atoms with van der Waals surface area (Å²) in [5.41, 5.74) is 0.102. The van der Waals surface area contributed by atoms with Gasteiger partial charge in [-0.1, -0.05) is 0 Å². The first-order valence-electron chi connectivity index (χ1n) is 6.14. The minimum absolute atomic E-state index is 0.0818. The van der Waals surface area contributed by atoms with Crippen LogP contribution < -0.4 is 0 Å². The van der Waals surface area contributed by atoms with E-state index in [0.29, 0.717) is 36.1 Å². The van der Waals surface area contributed by atoms with Gasteiger partial charge in [0.05, 0.1) is 16.6 Å². The number of H-pyrrole nitrogens is 1. The molecule has 1 aromatic heterocycles. The number of imidazole rings is 1. The SMILES string of the molecule is O=C(O)CCCCc1nc2ccc(C(F)(F)F)cc2[nH]1. The molecule has 0 saturated carbocycles. The van der Waals surface area contributed by atoms with Gasteiger partial charge < -0.3 is 10.1 Å². The van der Waals surface area contributed by atoms with Crippen LogP contribution in [0.25, 0.3) is 11.0 Å². The molecule has 0 atom stereocenters. The number of carbonyl (C=O) groups is 1. The van der Waals surface area contributed by atoms with Crippen LogP contribution in [0.2, 0.25) is 0 Å². The van der Waals surface area contributed by atoms with Crippen LogP contribution in [0.15, 0.2) is 18.2 Å². The van der Waals surface area contributed by atoms with Crippen LogP contribution in [0.4, 0.5) is 13.2 Å². The van der Waals surface area contributed by atoms with Crippen molar-refractivity contribution < 1.29 is 23.1 Å². The second kappa shape index (κ2) is 5.52. The van der Waals surface area contributed by atoms with Gasteiger partial charge in [0.25, 0.3) is 0 Å². The number of nitrogens with one attached hydrogen (secondary N) is 1. The first-order valence-corrected chi connectivity index (χ1v) is 6.14. The smallest absolute Gasteiger partial charge is 0.416 e. The molecule has 4 nitrogen and oxygen atoms in total. The maximum atomic E-state index is 12.6. The summed E-state index contributed by atoms with van der Waals surface area (Å²) >= 11 is 0. The van der Waals surface area contributed by atoms with Crippen LogP contribution in [0.1, 0.15) is 30.7 Å². The maximum Gasteiger partial charge on any atom is 0.416 e. The summed E-state index contributed by atoms with van der Waals surface area (Å²) in [5.74, 6) is -0.283. The Kier molecular flexibility index (Phi) is 3.96. The number of nitrogens with zero attached hydrogens (tertiary/aromatic N) is 1. The van der Waals surface area contributed by atoms with Crippen molar-refractivity contribution in [1.82, 2.24) is 9.97 Å². The highest BCUT2D eigenvalue weighted by Gasteiger charge is 2.30. The van der Waals surface area contributed by atoms with Crippen molar-refractivity contribution in [3.8, 4) is 0 Å². The summed E-state index contributed by atoms with van der Waals surface area (Å²) in [6.45, 7) is 0. The monoisotopic (exact) mass is 286 g/mol. The van der Waals surface area contributed by atoms with E-state index >= 15 is 0 Å². The molecule has 0 fully saturated rings. The summed E-state index contributed by atoms with van der Waals surface area (Å²) in [4.78, 5) is 17.4. The van der Waals surface area contributed by atoms with Gasteiger partial charge in [-0.05, 0) is 31.0 Å². The highest BCUT2D eigenvalue weighted by atomic mass is 19.4. The number of aryl methyl sites for hydroxylation is 1. The van der Waals surface area contributed by atoms with Gasteiger partial charge in [-0.25, -0.2) is 4.98 Å². The van der Waals surface area contributed by atoms with E-state index in [1.54, 1.807) is 0 Å². The van der Waals surface area contributed by atoms with Crippen molar-refractivity contribution >= 4 is 17.0 Å². The van der Waals surface area contributed by atoms with Crippen LogP contribution in [-0.4, -0.2) is 21.0 Å². The Balaban J connectivity index is 2.07. The molecule has 0 aliphatic heterocycles. The number of benzene rings is 1. The second-order valence-corrected chi connectivity index (χ2v) is 4.51. The second-order valence-electron chi connectivity index (χ2n) is 4.51. The molecule has 0 aliphatic rings. The van der Waals surface area contributed by atoms with Crippen LogP contribution in [0.3, 0.4) is 0 Å². The average molecular weight is 286 g/mol. The molecule has 1 heterocycles. The van der Waals surface area contributed by atoms with E-state index in [2.05, 4.69) is 9.97 Å². The van der Waals surface area contributed by atoms with Gasteiger partial charge in [0, 0.05) is 12.8 Å². The number of aromatic nitrogens is 2. The van der Waals surface area contributed by atoms with Crippen molar-refractivity contribution in [2.75, 3.05) is 0 Å². The van der Waals surface area contributed by atoms with Crippen molar-refractivity contribution in [2.24, 2.45) is 0 Å². The Bertz CT molecular complexity index is 620. The van der Waals surface area contributed by atoms with Crippen LogP contribution in [0, 0.1) is 0 Å². The number of unbranched alkanes of at least 4 members (excludes halogenated alkanes) is 1. The van der Waals surface area contributed by atoms with Gasteiger partial charge in [-0.15, -0.1) is 0 Å². The minimum atomic E-state index is -4.37. The number of halogens is 3. The summed E-state index contributed by atoms with van der Waals surface area (Å²) in [5, 5.41) is 8.50. The number of hydrogen-bond donors (Lipinski definition) is 2. The lowest BCUT2D eigenvalue weighted by Gasteiger charge is -2.05. The standard InChI is InChI=1S/C13H13F3N2O2/c14-13(15,16)8-5-6-9-10(7-8)18-11(17-9)3-1-2-4-12(19)20/h5-7H,1-4H2,(H,17,18)(H,19,20). The Labute approximate surface area is 112 Å². The zero-order chi connectivity index (χ0) is 14.8. The number of fused-ring (bicyclic) bond motifs is 1. The largest absolute Gasteiger partial charge is 0.481 e. The third kappa shape index (κ3) is 3.49. The predicted octanol–water partition coefficient (Wildman–Crippen LogP) is 3.38. The fraction of sp³-hybridized carbons (Fsp3) is 0.385. The third-order valence-corrected chi connectivity index (χ3v) is 2.91. The molecule has 0 aliphatic carbocycles. The molecular weight excluding hydrogens is 273 g/mol. The number of aliphatic carboxylic acids is 1. The van der Waals surface area contributed by atoms with E-state index in [-0.39, 0.29) is 6.42 Å². The fourth-order valence-electron chi connectivity index (χ4n) is 1.93. The van der Waals surface area contributed by atoms with E-state index < -0.39 is 17.7 Å². The molecule has 7 heteroatoms. The number of carboxylic acids is 1. The first-order chi connectivity index (χ1) is 9.36. The quantitative estimate of drug-likeness (QED) is 0.828. The van der Waals surface area contributed by atoms with Gasteiger partial charge >= 0.3 is 12.1 Å². The van der Waals surface area contributed by atoms with Crippen molar-refractivity contribution in [3.05, 3.63) is 29.6 Å². The van der Waals surface area contributed by atoms with Gasteiger partial charge in [-0.2, -0.15) is 13.2 Å². The Morgan fingerprint density at radius 2 is 2.05 bits per heavy atom. The Hall–Kier alpha value is -2.05. The van der Waals surface area contributed by atoms with Crippen LogP contribution in [0.5, 0.6) is 0 Å². The van der Waals surface area contributed by atoms with Gasteiger partial charge in [0.2, 0.25) is 0 Å². The molecule has 0 saturated heterocycles. The molecule has 2 aromatic rings. The molecule has 2 rings (SSSR count). The highest BCUT2D eigenvalue weighted by Crippen LogP contribution is 2.30. The number of aromatic amines is 1. The van der Waals surface area contributed by atoms with Crippen molar-refractivity contribution in [2.45, 2.75) is 31.9 Å². The summed E-state index contributed by atoms with van der Waals surface area (Å²) in [6.07, 6.45) is -2.64. The predicted molar refractivity (Wildman–Crippen MR) is 66.3 cm³/mol. The first kappa shape index (κ1) is 14.4. The molecule has 20 heavy (non-hydrogen) atoms. The van der Waals surface area contributed by atoms with E-state index in [9.17, 15) is 18.0 Å². The lowest BCUT2D eigenvalue weighted by molar-refractivity contribution is -0.138. The van der Waals surface area contributed by atoms with Crippen LogP contribution >= 0.6 is 0 Å². The maximum absolute atomic E-state index is 12.6. The van der Waals surface area contributed by atoms with E-state index in [4.69, 9.17) is 5.11 Å². The van der Waals surface area contributed by atoms with Gasteiger partial charge in [-0.3, -0.25) is 4.79 Å². The molecule has 1 aromatic carbocycles. The van der Waals surface area contributed by atoms with Crippen molar-refractivity contribution in [1.29, 1.82) is 0 Å². The molecule has 2 N–H and O–H groups in total. The molecule has 108 valence electrons. The molecule has 0 unspecified atom stereocenters.